The van der Waals surface area contributed by atoms with Crippen LogP contribution in [0.4, 0.5) is 5.69 Å². The molecule has 0 unspecified atom stereocenters. The molecule has 0 aromatic heterocycles. The first-order chi connectivity index (χ1) is 9.72. The lowest BCUT2D eigenvalue weighted by Gasteiger charge is -2.09. The van der Waals surface area contributed by atoms with E-state index in [-0.39, 0.29) is 9.79 Å². The summed E-state index contributed by atoms with van der Waals surface area (Å²) in [6, 6.07) is 11.3. The van der Waals surface area contributed by atoms with Crippen LogP contribution in [-0.4, -0.2) is 16.8 Å². The molecule has 21 heavy (non-hydrogen) atoms. The van der Waals surface area contributed by atoms with Gasteiger partial charge in [0.05, 0.1) is 9.79 Å². The summed E-state index contributed by atoms with van der Waals surface area (Å²) in [5.41, 5.74) is 6.60. The van der Waals surface area contributed by atoms with Crippen molar-refractivity contribution in [3.63, 3.8) is 0 Å². The van der Waals surface area contributed by atoms with Crippen molar-refractivity contribution in [1.82, 2.24) is 4.13 Å². The Hall–Kier alpha value is -1.90. The predicted octanol–water partition coefficient (Wildman–Crippen LogP) is 1.24. The van der Waals surface area contributed by atoms with Gasteiger partial charge in [0.25, 0.3) is 20.0 Å². The maximum Gasteiger partial charge on any atom is 0.253 e. The third-order valence-electron chi connectivity index (χ3n) is 2.82. The van der Waals surface area contributed by atoms with Crippen LogP contribution in [-0.2, 0) is 20.0 Å². The number of nitrogen functional groups attached to an aromatic ring is 1. The minimum absolute atomic E-state index is 0.124. The number of benzene rings is 2. The fourth-order valence-electron chi connectivity index (χ4n) is 1.66. The average molecular weight is 326 g/mol. The molecule has 0 amide bonds. The highest BCUT2D eigenvalue weighted by atomic mass is 32.3. The van der Waals surface area contributed by atoms with Gasteiger partial charge in [-0.15, -0.1) is 4.13 Å². The summed E-state index contributed by atoms with van der Waals surface area (Å²) in [6.07, 6.45) is 0. The molecule has 112 valence electrons. The Morgan fingerprint density at radius 2 is 1.43 bits per heavy atom. The number of hydrogen-bond acceptors (Lipinski definition) is 5. The largest absolute Gasteiger partial charge is 0.399 e. The number of rotatable bonds is 4. The molecule has 0 atom stereocenters. The molecule has 2 aromatic rings. The minimum atomic E-state index is -4.20. The van der Waals surface area contributed by atoms with Gasteiger partial charge in [-0.1, -0.05) is 18.2 Å². The third-order valence-corrected chi connectivity index (χ3v) is 6.35. The number of anilines is 1. The van der Waals surface area contributed by atoms with E-state index in [0.29, 0.717) is 11.3 Å². The molecule has 0 heterocycles. The molecule has 0 aliphatic rings. The normalized spacial score (nSPS) is 12.2. The smallest absolute Gasteiger partial charge is 0.253 e. The van der Waals surface area contributed by atoms with Gasteiger partial charge >= 0.3 is 0 Å². The summed E-state index contributed by atoms with van der Waals surface area (Å²) in [4.78, 5) is -0.283. The van der Waals surface area contributed by atoms with E-state index in [9.17, 15) is 16.8 Å². The molecule has 0 bridgehead atoms. The monoisotopic (exact) mass is 326 g/mol. The highest BCUT2D eigenvalue weighted by molar-refractivity contribution is 8.04. The molecule has 6 nitrogen and oxygen atoms in total. The highest BCUT2D eigenvalue weighted by Crippen LogP contribution is 2.18. The van der Waals surface area contributed by atoms with Crippen LogP contribution in [0, 0.1) is 6.92 Å². The Morgan fingerprint density at radius 1 is 0.857 bits per heavy atom. The number of aryl methyl sites for hydroxylation is 1. The van der Waals surface area contributed by atoms with Gasteiger partial charge in [-0.25, -0.2) is 16.8 Å². The van der Waals surface area contributed by atoms with Gasteiger partial charge in [0.1, 0.15) is 0 Å². The van der Waals surface area contributed by atoms with Crippen LogP contribution < -0.4 is 9.86 Å². The van der Waals surface area contributed by atoms with Crippen molar-refractivity contribution in [3.8, 4) is 0 Å². The predicted molar refractivity (Wildman–Crippen MR) is 79.5 cm³/mol. The SMILES string of the molecule is Cc1cc(S(=O)(=O)NS(=O)(=O)c2ccccc2)ccc1N. The van der Waals surface area contributed by atoms with Crippen LogP contribution in [0.15, 0.2) is 58.3 Å². The van der Waals surface area contributed by atoms with Crippen LogP contribution in [0.2, 0.25) is 0 Å². The average Bonchev–Trinajstić information content (AvgIpc) is 2.41. The molecule has 8 heteroatoms. The molecule has 3 N–H and O–H groups in total. The molecule has 0 radical (unpaired) electrons. The maximum atomic E-state index is 12.2. The van der Waals surface area contributed by atoms with E-state index in [4.69, 9.17) is 5.73 Å². The van der Waals surface area contributed by atoms with E-state index in [2.05, 4.69) is 0 Å². The second kappa shape index (κ2) is 5.47. The van der Waals surface area contributed by atoms with Crippen molar-refractivity contribution in [2.45, 2.75) is 16.7 Å². The molecule has 0 aliphatic heterocycles. The van der Waals surface area contributed by atoms with Crippen LogP contribution in [0.25, 0.3) is 0 Å². The molecule has 0 aliphatic carbocycles. The lowest BCUT2D eigenvalue weighted by atomic mass is 10.2. The Bertz CT molecular complexity index is 860. The fourth-order valence-corrected chi connectivity index (χ4v) is 4.68. The summed E-state index contributed by atoms with van der Waals surface area (Å²) >= 11 is 0. The molecule has 0 spiro atoms. The zero-order chi connectivity index (χ0) is 15.7. The van der Waals surface area contributed by atoms with Gasteiger partial charge in [0.2, 0.25) is 0 Å². The van der Waals surface area contributed by atoms with Gasteiger partial charge in [0.15, 0.2) is 0 Å². The van der Waals surface area contributed by atoms with Crippen molar-refractivity contribution in [2.24, 2.45) is 0 Å². The molecule has 2 aromatic carbocycles. The fraction of sp³-hybridized carbons (Fsp3) is 0.0769. The highest BCUT2D eigenvalue weighted by Gasteiger charge is 2.24. The molecule has 0 saturated carbocycles. The van der Waals surface area contributed by atoms with Crippen molar-refractivity contribution < 1.29 is 16.8 Å². The number of hydrogen-bond donors (Lipinski definition) is 2. The van der Waals surface area contributed by atoms with E-state index in [0.717, 1.165) is 0 Å². The van der Waals surface area contributed by atoms with Gasteiger partial charge in [-0.2, -0.15) is 0 Å². The minimum Gasteiger partial charge on any atom is -0.399 e. The van der Waals surface area contributed by atoms with Crippen LogP contribution in [0.3, 0.4) is 0 Å². The summed E-state index contributed by atoms with van der Waals surface area (Å²) in [7, 11) is -8.36. The summed E-state index contributed by atoms with van der Waals surface area (Å²) < 4.78 is 50.1. The van der Waals surface area contributed by atoms with Gasteiger partial charge < -0.3 is 5.73 Å². The second-order valence-electron chi connectivity index (χ2n) is 4.42. The second-order valence-corrected chi connectivity index (χ2v) is 8.04. The van der Waals surface area contributed by atoms with Gasteiger partial charge in [-0.3, -0.25) is 0 Å². The van der Waals surface area contributed by atoms with E-state index >= 15 is 0 Å². The zero-order valence-corrected chi connectivity index (χ0v) is 12.8. The lowest BCUT2D eigenvalue weighted by molar-refractivity contribution is 0.577. The van der Waals surface area contributed by atoms with Crippen molar-refractivity contribution in [3.05, 3.63) is 54.1 Å². The Kier molecular flexibility index (Phi) is 4.04. The van der Waals surface area contributed by atoms with Crippen LogP contribution >= 0.6 is 0 Å². The number of nitrogens with one attached hydrogen (secondary N) is 1. The van der Waals surface area contributed by atoms with E-state index in [1.807, 2.05) is 0 Å². The number of nitrogens with two attached hydrogens (primary N) is 1. The van der Waals surface area contributed by atoms with E-state index in [1.54, 1.807) is 17.1 Å². The molecule has 2 rings (SSSR count). The Balaban J connectivity index is 2.40. The standard InChI is InChI=1S/C13H14N2O4S2/c1-10-9-12(7-8-13(10)14)21(18,19)15-20(16,17)11-5-3-2-4-6-11/h2-9,15H,14H2,1H3. The number of sulfonamides is 2. The van der Waals surface area contributed by atoms with Crippen LogP contribution in [0.5, 0.6) is 0 Å². The lowest BCUT2D eigenvalue weighted by Crippen LogP contribution is -2.30. The van der Waals surface area contributed by atoms with Crippen molar-refractivity contribution in [2.75, 3.05) is 5.73 Å². The molecule has 0 fully saturated rings. The van der Waals surface area contributed by atoms with Crippen LogP contribution in [0.1, 0.15) is 5.56 Å². The van der Waals surface area contributed by atoms with Gasteiger partial charge in [0, 0.05) is 5.69 Å². The summed E-state index contributed by atoms with van der Waals surface area (Å²) in [5, 5.41) is 0. The first kappa shape index (κ1) is 15.5. The topological polar surface area (TPSA) is 106 Å². The first-order valence-electron chi connectivity index (χ1n) is 5.92. The zero-order valence-electron chi connectivity index (χ0n) is 11.1. The molecular formula is C13H14N2O4S2. The van der Waals surface area contributed by atoms with Crippen molar-refractivity contribution >= 4 is 25.7 Å². The third kappa shape index (κ3) is 3.41. The Labute approximate surface area is 123 Å². The first-order valence-corrected chi connectivity index (χ1v) is 8.89. The van der Waals surface area contributed by atoms with Crippen molar-refractivity contribution in [1.29, 1.82) is 0 Å². The molecule has 0 saturated heterocycles. The van der Waals surface area contributed by atoms with E-state index < -0.39 is 20.0 Å². The van der Waals surface area contributed by atoms with Gasteiger partial charge in [-0.05, 0) is 42.8 Å². The molecular weight excluding hydrogens is 312 g/mol. The summed E-state index contributed by atoms with van der Waals surface area (Å²) in [5.74, 6) is 0. The Morgan fingerprint density at radius 3 is 2.00 bits per heavy atom. The maximum absolute atomic E-state index is 12.2. The van der Waals surface area contributed by atoms with E-state index in [1.165, 1.54) is 42.5 Å². The summed E-state index contributed by atoms with van der Waals surface area (Å²) in [6.45, 7) is 1.64. The quantitative estimate of drug-likeness (QED) is 0.822.